The Balaban J connectivity index is 3.04. The zero-order chi connectivity index (χ0) is 13.7. The lowest BCUT2D eigenvalue weighted by molar-refractivity contribution is -0.149. The molecule has 0 saturated heterocycles. The minimum Gasteiger partial charge on any atom is -0.481 e. The normalized spacial score (nSPS) is 11.9. The summed E-state index contributed by atoms with van der Waals surface area (Å²) in [6.45, 7) is 1.85. The van der Waals surface area contributed by atoms with Gasteiger partial charge in [0.25, 0.3) is 0 Å². The van der Waals surface area contributed by atoms with Gasteiger partial charge in [0.1, 0.15) is 0 Å². The zero-order valence-electron chi connectivity index (χ0n) is 9.65. The van der Waals surface area contributed by atoms with Crippen LogP contribution in [0.5, 0.6) is 0 Å². The number of carbonyl (C=O) groups is 2. The smallest absolute Gasteiger partial charge is 0.313 e. The van der Waals surface area contributed by atoms with Gasteiger partial charge >= 0.3 is 11.9 Å². The van der Waals surface area contributed by atoms with Crippen molar-refractivity contribution in [2.75, 3.05) is 6.61 Å². The van der Waals surface area contributed by atoms with Gasteiger partial charge in [-0.2, -0.15) is 0 Å². The van der Waals surface area contributed by atoms with Crippen molar-refractivity contribution in [3.63, 3.8) is 0 Å². The highest BCUT2D eigenvalue weighted by Crippen LogP contribution is 2.29. The number of esters is 1. The summed E-state index contributed by atoms with van der Waals surface area (Å²) >= 11 is 11.6. The quantitative estimate of drug-likeness (QED) is 0.847. The molecule has 4 nitrogen and oxygen atoms in total. The molecular formula is C12H12Cl2O4. The van der Waals surface area contributed by atoms with Crippen molar-refractivity contribution in [1.29, 1.82) is 0 Å². The van der Waals surface area contributed by atoms with Crippen molar-refractivity contribution in [3.8, 4) is 0 Å². The number of ether oxygens (including phenoxy) is 1. The Bertz CT molecular complexity index is 459. The molecule has 1 rings (SSSR count). The molecule has 0 heterocycles. The molecule has 0 radical (unpaired) electrons. The van der Waals surface area contributed by atoms with E-state index in [-0.39, 0.29) is 18.1 Å². The Morgan fingerprint density at radius 3 is 2.50 bits per heavy atom. The summed E-state index contributed by atoms with van der Waals surface area (Å²) in [4.78, 5) is 22.5. The van der Waals surface area contributed by atoms with Crippen molar-refractivity contribution in [2.24, 2.45) is 0 Å². The molecule has 18 heavy (non-hydrogen) atoms. The van der Waals surface area contributed by atoms with Crippen LogP contribution in [0, 0.1) is 0 Å². The molecule has 0 fully saturated rings. The molecule has 0 bridgehead atoms. The van der Waals surface area contributed by atoms with Crippen molar-refractivity contribution >= 4 is 35.1 Å². The number of carboxylic acids is 1. The number of carboxylic acid groups (broad SMARTS) is 1. The molecule has 0 unspecified atom stereocenters. The molecule has 1 N–H and O–H groups in total. The summed E-state index contributed by atoms with van der Waals surface area (Å²) in [5, 5.41) is 9.44. The van der Waals surface area contributed by atoms with E-state index in [0.29, 0.717) is 10.6 Å². The minimum atomic E-state index is -1.08. The van der Waals surface area contributed by atoms with Gasteiger partial charge in [-0.3, -0.25) is 9.59 Å². The lowest BCUT2D eigenvalue weighted by atomic mass is 9.96. The fraction of sp³-hybridized carbons (Fsp3) is 0.333. The molecule has 0 aliphatic carbocycles. The zero-order valence-corrected chi connectivity index (χ0v) is 11.2. The first-order valence-corrected chi connectivity index (χ1v) is 6.04. The third-order valence-corrected chi connectivity index (χ3v) is 3.03. The van der Waals surface area contributed by atoms with Crippen LogP contribution >= 0.6 is 23.2 Å². The van der Waals surface area contributed by atoms with Gasteiger partial charge in [0.15, 0.2) is 0 Å². The number of carbonyl (C=O) groups excluding carboxylic acids is 1. The molecule has 0 saturated carbocycles. The van der Waals surface area contributed by atoms with E-state index >= 15 is 0 Å². The number of benzene rings is 1. The number of rotatable bonds is 5. The molecule has 1 aromatic carbocycles. The summed E-state index contributed by atoms with van der Waals surface area (Å²) in [5.74, 6) is -2.55. The Hall–Kier alpha value is -1.26. The second-order valence-electron chi connectivity index (χ2n) is 3.58. The van der Waals surface area contributed by atoms with Crippen molar-refractivity contribution in [2.45, 2.75) is 19.3 Å². The summed E-state index contributed by atoms with van der Waals surface area (Å²) < 4.78 is 4.85. The topological polar surface area (TPSA) is 63.6 Å². The molecule has 0 aliphatic heterocycles. The fourth-order valence-electron chi connectivity index (χ4n) is 1.48. The van der Waals surface area contributed by atoms with Gasteiger partial charge in [-0.1, -0.05) is 29.3 Å². The predicted molar refractivity (Wildman–Crippen MR) is 68.1 cm³/mol. The van der Waals surface area contributed by atoms with E-state index in [1.165, 1.54) is 12.1 Å². The van der Waals surface area contributed by atoms with Crippen molar-refractivity contribution in [1.82, 2.24) is 0 Å². The maximum Gasteiger partial charge on any atom is 0.313 e. The molecule has 1 aromatic rings. The maximum atomic E-state index is 11.7. The van der Waals surface area contributed by atoms with E-state index < -0.39 is 17.9 Å². The van der Waals surface area contributed by atoms with Crippen LogP contribution in [0.15, 0.2) is 18.2 Å². The first kappa shape index (κ1) is 14.8. The van der Waals surface area contributed by atoms with Crippen LogP contribution in [0.4, 0.5) is 0 Å². The van der Waals surface area contributed by atoms with E-state index in [1.54, 1.807) is 13.0 Å². The van der Waals surface area contributed by atoms with E-state index in [0.717, 1.165) is 0 Å². The number of hydrogen-bond acceptors (Lipinski definition) is 3. The number of halogens is 2. The van der Waals surface area contributed by atoms with Gasteiger partial charge in [0.2, 0.25) is 0 Å². The third kappa shape index (κ3) is 3.89. The maximum absolute atomic E-state index is 11.7. The number of hydrogen-bond donors (Lipinski definition) is 1. The van der Waals surface area contributed by atoms with Gasteiger partial charge in [0, 0.05) is 0 Å². The van der Waals surface area contributed by atoms with Crippen molar-refractivity contribution < 1.29 is 19.4 Å². The highest BCUT2D eigenvalue weighted by molar-refractivity contribution is 6.42. The van der Waals surface area contributed by atoms with Crippen LogP contribution in [0.2, 0.25) is 10.0 Å². The highest BCUT2D eigenvalue weighted by atomic mass is 35.5. The van der Waals surface area contributed by atoms with E-state index in [4.69, 9.17) is 33.0 Å². The summed E-state index contributed by atoms with van der Waals surface area (Å²) in [7, 11) is 0. The van der Waals surface area contributed by atoms with Crippen LogP contribution in [-0.2, 0) is 14.3 Å². The van der Waals surface area contributed by atoms with Crippen LogP contribution in [0.3, 0.4) is 0 Å². The van der Waals surface area contributed by atoms with E-state index in [1.807, 2.05) is 0 Å². The van der Waals surface area contributed by atoms with E-state index in [9.17, 15) is 9.59 Å². The molecule has 0 aliphatic rings. The highest BCUT2D eigenvalue weighted by Gasteiger charge is 2.25. The summed E-state index contributed by atoms with van der Waals surface area (Å²) in [5.41, 5.74) is 0.477. The molecule has 0 aromatic heterocycles. The summed E-state index contributed by atoms with van der Waals surface area (Å²) in [6.07, 6.45) is -0.350. The average Bonchev–Trinajstić information content (AvgIpc) is 2.30. The Morgan fingerprint density at radius 1 is 1.33 bits per heavy atom. The third-order valence-electron chi connectivity index (χ3n) is 2.30. The second-order valence-corrected chi connectivity index (χ2v) is 4.39. The molecule has 0 amide bonds. The van der Waals surface area contributed by atoms with Gasteiger partial charge in [-0.15, -0.1) is 0 Å². The first-order chi connectivity index (χ1) is 8.45. The molecular weight excluding hydrogens is 279 g/mol. The van der Waals surface area contributed by atoms with Gasteiger partial charge in [-0.05, 0) is 24.6 Å². The molecule has 6 heteroatoms. The van der Waals surface area contributed by atoms with E-state index in [2.05, 4.69) is 0 Å². The van der Waals surface area contributed by atoms with Crippen molar-refractivity contribution in [3.05, 3.63) is 33.8 Å². The predicted octanol–water partition coefficient (Wildman–Crippen LogP) is 3.11. The lowest BCUT2D eigenvalue weighted by Crippen LogP contribution is -2.19. The molecule has 1 atom stereocenters. The lowest BCUT2D eigenvalue weighted by Gasteiger charge is -2.14. The monoisotopic (exact) mass is 290 g/mol. The Labute approximate surface area is 114 Å². The first-order valence-electron chi connectivity index (χ1n) is 5.29. The molecule has 98 valence electrons. The fourth-order valence-corrected chi connectivity index (χ4v) is 1.79. The van der Waals surface area contributed by atoms with Gasteiger partial charge in [0.05, 0.1) is 29.0 Å². The largest absolute Gasteiger partial charge is 0.481 e. The van der Waals surface area contributed by atoms with Crippen LogP contribution < -0.4 is 0 Å². The van der Waals surface area contributed by atoms with Gasteiger partial charge < -0.3 is 9.84 Å². The summed E-state index contributed by atoms with van der Waals surface area (Å²) in [6, 6.07) is 4.57. The average molecular weight is 291 g/mol. The Kier molecular flexibility index (Phi) is 5.44. The minimum absolute atomic E-state index is 0.191. The van der Waals surface area contributed by atoms with Gasteiger partial charge in [-0.25, -0.2) is 0 Å². The SMILES string of the molecule is CCOC(=O)[C@@H](CC(=O)O)c1ccc(Cl)c(Cl)c1. The Morgan fingerprint density at radius 2 is 2.00 bits per heavy atom. The second kappa shape index (κ2) is 6.61. The van der Waals surface area contributed by atoms with Crippen LogP contribution in [0.25, 0.3) is 0 Å². The number of aliphatic carboxylic acids is 1. The molecule has 0 spiro atoms. The van der Waals surface area contributed by atoms with Crippen LogP contribution in [0.1, 0.15) is 24.8 Å². The van der Waals surface area contributed by atoms with Crippen LogP contribution in [-0.4, -0.2) is 23.7 Å². The standard InChI is InChI=1S/C12H12Cl2O4/c1-2-18-12(17)8(6-11(15)16)7-3-4-9(13)10(14)5-7/h3-5,8H,2,6H2,1H3,(H,15,16)/t8-/m0/s1.